The summed E-state index contributed by atoms with van der Waals surface area (Å²) in [6.45, 7) is 1.98. The van der Waals surface area contributed by atoms with Gasteiger partial charge in [-0.05, 0) is 35.8 Å². The van der Waals surface area contributed by atoms with Crippen LogP contribution in [-0.2, 0) is 27.3 Å². The average molecular weight is 314 g/mol. The Hall–Kier alpha value is -1.88. The van der Waals surface area contributed by atoms with Crippen molar-refractivity contribution in [2.24, 2.45) is 17.1 Å². The smallest absolute Gasteiger partial charge is 0.240 e. The van der Waals surface area contributed by atoms with Crippen molar-refractivity contribution in [3.8, 4) is 0 Å². The molecule has 2 N–H and O–H groups in total. The minimum absolute atomic E-state index is 0.0403. The van der Waals surface area contributed by atoms with E-state index in [1.165, 1.54) is 0 Å². The van der Waals surface area contributed by atoms with Crippen LogP contribution in [0.1, 0.15) is 30.4 Å². The zero-order valence-corrected chi connectivity index (χ0v) is 13.2. The van der Waals surface area contributed by atoms with Crippen LogP contribution in [0.25, 0.3) is 0 Å². The number of primary amides is 1. The number of rotatable bonds is 2. The number of fused-ring (bicyclic) bond motifs is 1. The van der Waals surface area contributed by atoms with Crippen molar-refractivity contribution >= 4 is 11.8 Å². The highest BCUT2D eigenvalue weighted by Gasteiger charge is 2.59. The van der Waals surface area contributed by atoms with E-state index in [0.717, 1.165) is 43.6 Å². The molecule has 2 unspecified atom stereocenters. The Morgan fingerprint density at radius 3 is 2.57 bits per heavy atom. The van der Waals surface area contributed by atoms with E-state index in [1.54, 1.807) is 4.90 Å². The van der Waals surface area contributed by atoms with Crippen molar-refractivity contribution in [2.75, 3.05) is 13.2 Å². The molecule has 1 aromatic carbocycles. The van der Waals surface area contributed by atoms with E-state index >= 15 is 0 Å². The van der Waals surface area contributed by atoms with Gasteiger partial charge in [-0.25, -0.2) is 0 Å². The number of benzene rings is 1. The summed E-state index contributed by atoms with van der Waals surface area (Å²) in [5.41, 5.74) is 7.96. The Kier molecular flexibility index (Phi) is 3.41. The molecule has 2 atom stereocenters. The lowest BCUT2D eigenvalue weighted by Gasteiger charge is -2.36. The molecule has 23 heavy (non-hydrogen) atoms. The van der Waals surface area contributed by atoms with Gasteiger partial charge in [0.15, 0.2) is 0 Å². The monoisotopic (exact) mass is 314 g/mol. The summed E-state index contributed by atoms with van der Waals surface area (Å²) in [7, 11) is 0. The predicted octanol–water partition coefficient (Wildman–Crippen LogP) is 1.24. The fraction of sp³-hybridized carbons (Fsp3) is 0.556. The normalized spacial score (nSPS) is 28.3. The summed E-state index contributed by atoms with van der Waals surface area (Å²) in [5.74, 6) is -0.266. The quantitative estimate of drug-likeness (QED) is 0.892. The first-order valence-electron chi connectivity index (χ1n) is 8.35. The molecule has 1 saturated heterocycles. The maximum absolute atomic E-state index is 13.0. The zero-order valence-electron chi connectivity index (χ0n) is 13.2. The summed E-state index contributed by atoms with van der Waals surface area (Å²) >= 11 is 0. The largest absolute Gasteiger partial charge is 0.381 e. The van der Waals surface area contributed by atoms with Crippen LogP contribution in [0.15, 0.2) is 24.3 Å². The van der Waals surface area contributed by atoms with Gasteiger partial charge in [0.05, 0.1) is 0 Å². The van der Waals surface area contributed by atoms with E-state index in [4.69, 9.17) is 10.5 Å². The second-order valence-electron chi connectivity index (χ2n) is 7.09. The third kappa shape index (κ3) is 2.43. The number of carbonyl (C=O) groups is 2. The third-order valence-corrected chi connectivity index (χ3v) is 5.84. The molecule has 1 aromatic rings. The van der Waals surface area contributed by atoms with E-state index in [9.17, 15) is 9.59 Å². The number of nitrogens with zero attached hydrogens (tertiary/aromatic N) is 1. The SMILES string of the molecule is NC(=O)C1Cc2ccccc2CN1C(=O)C1CC12CCOCC2. The molecule has 2 aliphatic heterocycles. The molecule has 5 nitrogen and oxygen atoms in total. The van der Waals surface area contributed by atoms with Crippen LogP contribution in [0.5, 0.6) is 0 Å². The molecule has 5 heteroatoms. The lowest BCUT2D eigenvalue weighted by Crippen LogP contribution is -2.52. The van der Waals surface area contributed by atoms with Crippen LogP contribution in [0.2, 0.25) is 0 Å². The molecule has 0 bridgehead atoms. The molecule has 1 spiro atoms. The van der Waals surface area contributed by atoms with Crippen LogP contribution in [0.4, 0.5) is 0 Å². The van der Waals surface area contributed by atoms with Crippen molar-refractivity contribution in [3.05, 3.63) is 35.4 Å². The molecule has 2 amide bonds. The van der Waals surface area contributed by atoms with Crippen molar-refractivity contribution in [1.29, 1.82) is 0 Å². The lowest BCUT2D eigenvalue weighted by atomic mass is 9.90. The first-order chi connectivity index (χ1) is 11.1. The molecule has 1 saturated carbocycles. The number of amides is 2. The summed E-state index contributed by atoms with van der Waals surface area (Å²) in [6, 6.07) is 7.47. The molecular weight excluding hydrogens is 292 g/mol. The van der Waals surface area contributed by atoms with Crippen LogP contribution >= 0.6 is 0 Å². The summed E-state index contributed by atoms with van der Waals surface area (Å²) in [6.07, 6.45) is 3.36. The first-order valence-corrected chi connectivity index (χ1v) is 8.35. The molecule has 3 aliphatic rings. The van der Waals surface area contributed by atoms with Gasteiger partial charge in [-0.1, -0.05) is 24.3 Å². The van der Waals surface area contributed by atoms with Crippen LogP contribution in [-0.4, -0.2) is 36.0 Å². The highest BCUT2D eigenvalue weighted by molar-refractivity contribution is 5.90. The zero-order chi connectivity index (χ0) is 16.0. The molecule has 4 rings (SSSR count). The second-order valence-corrected chi connectivity index (χ2v) is 7.09. The molecular formula is C18H22N2O3. The van der Waals surface area contributed by atoms with Crippen molar-refractivity contribution in [2.45, 2.75) is 38.3 Å². The van der Waals surface area contributed by atoms with Crippen molar-refractivity contribution in [3.63, 3.8) is 0 Å². The number of hydrogen-bond acceptors (Lipinski definition) is 3. The van der Waals surface area contributed by atoms with Gasteiger partial charge in [0.1, 0.15) is 6.04 Å². The van der Waals surface area contributed by atoms with E-state index < -0.39 is 11.9 Å². The number of hydrogen-bond donors (Lipinski definition) is 1. The highest BCUT2D eigenvalue weighted by Crippen LogP contribution is 2.60. The molecule has 2 fully saturated rings. The third-order valence-electron chi connectivity index (χ3n) is 5.84. The van der Waals surface area contributed by atoms with Crippen LogP contribution in [0.3, 0.4) is 0 Å². The molecule has 1 aliphatic carbocycles. The van der Waals surface area contributed by atoms with Gasteiger partial charge in [-0.2, -0.15) is 0 Å². The highest BCUT2D eigenvalue weighted by atomic mass is 16.5. The number of nitrogens with two attached hydrogens (primary N) is 1. The van der Waals surface area contributed by atoms with Crippen molar-refractivity contribution in [1.82, 2.24) is 4.90 Å². The van der Waals surface area contributed by atoms with Gasteiger partial charge in [0.25, 0.3) is 0 Å². The summed E-state index contributed by atoms with van der Waals surface area (Å²) in [5, 5.41) is 0. The van der Waals surface area contributed by atoms with Gasteiger partial charge in [0, 0.05) is 32.1 Å². The molecule has 122 valence electrons. The minimum atomic E-state index is -0.519. The average Bonchev–Trinajstić information content (AvgIpc) is 3.26. The Morgan fingerprint density at radius 2 is 1.87 bits per heavy atom. The van der Waals surface area contributed by atoms with Crippen LogP contribution < -0.4 is 5.73 Å². The summed E-state index contributed by atoms with van der Waals surface area (Å²) in [4.78, 5) is 26.7. The van der Waals surface area contributed by atoms with Gasteiger partial charge in [-0.3, -0.25) is 9.59 Å². The molecule has 0 aromatic heterocycles. The Bertz CT molecular complexity index is 651. The van der Waals surface area contributed by atoms with Crippen molar-refractivity contribution < 1.29 is 14.3 Å². The standard InChI is InChI=1S/C18H22N2O3/c19-16(21)15-9-12-3-1-2-4-13(12)11-20(15)17(22)14-10-18(14)5-7-23-8-6-18/h1-4,14-15H,5-11H2,(H2,19,21). The van der Waals surface area contributed by atoms with E-state index in [-0.39, 0.29) is 17.2 Å². The maximum Gasteiger partial charge on any atom is 0.240 e. The molecule has 0 radical (unpaired) electrons. The minimum Gasteiger partial charge on any atom is -0.381 e. The van der Waals surface area contributed by atoms with Gasteiger partial charge in [-0.15, -0.1) is 0 Å². The van der Waals surface area contributed by atoms with Crippen LogP contribution in [0, 0.1) is 11.3 Å². The van der Waals surface area contributed by atoms with E-state index in [2.05, 4.69) is 0 Å². The first kappa shape index (κ1) is 14.7. The fourth-order valence-electron chi connectivity index (χ4n) is 4.24. The number of ether oxygens (including phenoxy) is 1. The van der Waals surface area contributed by atoms with Gasteiger partial charge >= 0.3 is 0 Å². The maximum atomic E-state index is 13.0. The molecule has 2 heterocycles. The summed E-state index contributed by atoms with van der Waals surface area (Å²) < 4.78 is 5.43. The van der Waals surface area contributed by atoms with E-state index in [0.29, 0.717) is 13.0 Å². The number of carbonyl (C=O) groups excluding carboxylic acids is 2. The van der Waals surface area contributed by atoms with E-state index in [1.807, 2.05) is 24.3 Å². The lowest BCUT2D eigenvalue weighted by molar-refractivity contribution is -0.142. The Morgan fingerprint density at radius 1 is 1.17 bits per heavy atom. The van der Waals surface area contributed by atoms with Gasteiger partial charge < -0.3 is 15.4 Å². The second kappa shape index (κ2) is 5.34. The Balaban J connectivity index is 1.57. The van der Waals surface area contributed by atoms with Gasteiger partial charge in [0.2, 0.25) is 11.8 Å². The predicted molar refractivity (Wildman–Crippen MR) is 84.3 cm³/mol. The topological polar surface area (TPSA) is 72.6 Å². The fourth-order valence-corrected chi connectivity index (χ4v) is 4.24. The Labute approximate surface area is 135 Å².